The van der Waals surface area contributed by atoms with E-state index in [9.17, 15) is 4.39 Å². The summed E-state index contributed by atoms with van der Waals surface area (Å²) < 4.78 is 18.0. The van der Waals surface area contributed by atoms with Crippen LogP contribution in [0, 0.1) is 5.82 Å². The molecule has 14 heavy (non-hydrogen) atoms. The molecule has 0 amide bonds. The van der Waals surface area contributed by atoms with Gasteiger partial charge >= 0.3 is 0 Å². The number of hydrogen-bond acceptors (Lipinski definition) is 2. The molecular weight excluding hydrogens is 205 g/mol. The summed E-state index contributed by atoms with van der Waals surface area (Å²) in [5.41, 5.74) is 0.439. The van der Waals surface area contributed by atoms with Crippen LogP contribution < -0.4 is 5.32 Å². The summed E-state index contributed by atoms with van der Waals surface area (Å²) in [5, 5.41) is 3.48. The molecule has 0 aliphatic heterocycles. The molecule has 0 bridgehead atoms. The summed E-state index contributed by atoms with van der Waals surface area (Å²) in [7, 11) is 1.64. The lowest BCUT2D eigenvalue weighted by atomic mass is 10.3. The molecule has 0 aliphatic carbocycles. The molecule has 0 saturated carbocycles. The van der Waals surface area contributed by atoms with Crippen LogP contribution in [-0.4, -0.2) is 20.3 Å². The van der Waals surface area contributed by atoms with Crippen LogP contribution in [0.4, 0.5) is 10.1 Å². The lowest BCUT2D eigenvalue weighted by Gasteiger charge is -2.07. The van der Waals surface area contributed by atoms with E-state index in [4.69, 9.17) is 16.3 Å². The first-order valence-corrected chi connectivity index (χ1v) is 4.79. The van der Waals surface area contributed by atoms with Gasteiger partial charge in [-0.25, -0.2) is 4.39 Å². The van der Waals surface area contributed by atoms with E-state index in [0.29, 0.717) is 23.9 Å². The minimum Gasteiger partial charge on any atom is -0.385 e. The summed E-state index contributed by atoms with van der Waals surface area (Å²) >= 11 is 5.73. The van der Waals surface area contributed by atoms with Gasteiger partial charge in [0.15, 0.2) is 0 Å². The van der Waals surface area contributed by atoms with Crippen molar-refractivity contribution in [3.8, 4) is 0 Å². The van der Waals surface area contributed by atoms with Gasteiger partial charge in [-0.15, -0.1) is 0 Å². The number of anilines is 1. The van der Waals surface area contributed by atoms with Crippen LogP contribution in [0.25, 0.3) is 0 Å². The third-order valence-corrected chi connectivity index (χ3v) is 2.00. The number of benzene rings is 1. The van der Waals surface area contributed by atoms with E-state index in [0.717, 1.165) is 6.42 Å². The third-order valence-electron chi connectivity index (χ3n) is 1.77. The smallest absolute Gasteiger partial charge is 0.146 e. The second kappa shape index (κ2) is 5.83. The molecule has 0 aliphatic rings. The summed E-state index contributed by atoms with van der Waals surface area (Å²) in [5.74, 6) is -0.285. The van der Waals surface area contributed by atoms with Crippen molar-refractivity contribution in [2.45, 2.75) is 6.42 Å². The number of ether oxygens (including phenoxy) is 1. The van der Waals surface area contributed by atoms with Crippen LogP contribution in [-0.2, 0) is 4.74 Å². The summed E-state index contributed by atoms with van der Waals surface area (Å²) in [6.07, 6.45) is 0.836. The Bertz CT molecular complexity index is 293. The van der Waals surface area contributed by atoms with Gasteiger partial charge in [0, 0.05) is 25.3 Å². The molecule has 1 rings (SSSR count). The van der Waals surface area contributed by atoms with Gasteiger partial charge in [-0.3, -0.25) is 0 Å². The Morgan fingerprint density at radius 2 is 2.29 bits per heavy atom. The van der Waals surface area contributed by atoms with Crippen molar-refractivity contribution < 1.29 is 9.13 Å². The zero-order valence-corrected chi connectivity index (χ0v) is 8.77. The van der Waals surface area contributed by atoms with E-state index in [-0.39, 0.29) is 5.82 Å². The minimum atomic E-state index is -0.285. The molecule has 0 saturated heterocycles. The third kappa shape index (κ3) is 3.52. The van der Waals surface area contributed by atoms with Gasteiger partial charge in [-0.05, 0) is 24.6 Å². The SMILES string of the molecule is COCCCNc1cc(Cl)ccc1F. The largest absolute Gasteiger partial charge is 0.385 e. The van der Waals surface area contributed by atoms with E-state index in [1.165, 1.54) is 12.1 Å². The van der Waals surface area contributed by atoms with E-state index >= 15 is 0 Å². The monoisotopic (exact) mass is 217 g/mol. The summed E-state index contributed by atoms with van der Waals surface area (Å²) in [4.78, 5) is 0. The number of halogens is 2. The second-order valence-electron chi connectivity index (χ2n) is 2.90. The first kappa shape index (κ1) is 11.3. The van der Waals surface area contributed by atoms with Crippen molar-refractivity contribution in [2.75, 3.05) is 25.6 Å². The lowest BCUT2D eigenvalue weighted by Crippen LogP contribution is -2.05. The molecule has 0 fully saturated rings. The molecule has 78 valence electrons. The quantitative estimate of drug-likeness (QED) is 0.766. The van der Waals surface area contributed by atoms with E-state index in [2.05, 4.69) is 5.32 Å². The Morgan fingerprint density at radius 1 is 1.50 bits per heavy atom. The van der Waals surface area contributed by atoms with Crippen molar-refractivity contribution in [2.24, 2.45) is 0 Å². The fraction of sp³-hybridized carbons (Fsp3) is 0.400. The number of rotatable bonds is 5. The van der Waals surface area contributed by atoms with Crippen LogP contribution in [0.5, 0.6) is 0 Å². The van der Waals surface area contributed by atoms with Crippen molar-refractivity contribution in [1.29, 1.82) is 0 Å². The minimum absolute atomic E-state index is 0.285. The van der Waals surface area contributed by atoms with Crippen molar-refractivity contribution >= 4 is 17.3 Å². The van der Waals surface area contributed by atoms with Gasteiger partial charge in [0.1, 0.15) is 5.82 Å². The Hall–Kier alpha value is -0.800. The Balaban J connectivity index is 2.45. The van der Waals surface area contributed by atoms with Gasteiger partial charge in [-0.2, -0.15) is 0 Å². The maximum atomic E-state index is 13.1. The first-order chi connectivity index (χ1) is 6.74. The molecule has 1 N–H and O–H groups in total. The molecule has 0 radical (unpaired) electrons. The predicted octanol–water partition coefficient (Wildman–Crippen LogP) is 2.93. The Labute approximate surface area is 88.0 Å². The second-order valence-corrected chi connectivity index (χ2v) is 3.33. The van der Waals surface area contributed by atoms with E-state index < -0.39 is 0 Å². The van der Waals surface area contributed by atoms with Crippen LogP contribution in [0.3, 0.4) is 0 Å². The highest BCUT2D eigenvalue weighted by Gasteiger charge is 2.01. The predicted molar refractivity (Wildman–Crippen MR) is 56.4 cm³/mol. The van der Waals surface area contributed by atoms with Gasteiger partial charge in [-0.1, -0.05) is 11.6 Å². The molecule has 1 aromatic carbocycles. The zero-order chi connectivity index (χ0) is 10.4. The molecule has 0 heterocycles. The maximum absolute atomic E-state index is 13.1. The average Bonchev–Trinajstić information content (AvgIpc) is 2.18. The van der Waals surface area contributed by atoms with Crippen molar-refractivity contribution in [3.63, 3.8) is 0 Å². The lowest BCUT2D eigenvalue weighted by molar-refractivity contribution is 0.197. The molecular formula is C10H13ClFNO. The standard InChI is InChI=1S/C10H13ClFNO/c1-14-6-2-5-13-10-7-8(11)3-4-9(10)12/h3-4,7,13H,2,5-6H2,1H3. The Morgan fingerprint density at radius 3 is 3.00 bits per heavy atom. The molecule has 0 unspecified atom stereocenters. The average molecular weight is 218 g/mol. The van der Waals surface area contributed by atoms with Crippen LogP contribution in [0.15, 0.2) is 18.2 Å². The maximum Gasteiger partial charge on any atom is 0.146 e. The summed E-state index contributed by atoms with van der Waals surface area (Å²) in [6, 6.07) is 4.45. The summed E-state index contributed by atoms with van der Waals surface area (Å²) in [6.45, 7) is 1.33. The highest BCUT2D eigenvalue weighted by Crippen LogP contribution is 2.19. The van der Waals surface area contributed by atoms with Crippen molar-refractivity contribution in [3.05, 3.63) is 29.0 Å². The van der Waals surface area contributed by atoms with Crippen LogP contribution in [0.1, 0.15) is 6.42 Å². The van der Waals surface area contributed by atoms with Gasteiger partial charge in [0.2, 0.25) is 0 Å². The van der Waals surface area contributed by atoms with E-state index in [1.807, 2.05) is 0 Å². The van der Waals surface area contributed by atoms with Gasteiger partial charge in [0.05, 0.1) is 5.69 Å². The molecule has 0 aromatic heterocycles. The van der Waals surface area contributed by atoms with Crippen LogP contribution >= 0.6 is 11.6 Å². The molecule has 2 nitrogen and oxygen atoms in total. The number of methoxy groups -OCH3 is 1. The number of hydrogen-bond donors (Lipinski definition) is 1. The topological polar surface area (TPSA) is 21.3 Å². The molecule has 1 aromatic rings. The highest BCUT2D eigenvalue weighted by molar-refractivity contribution is 6.30. The normalized spacial score (nSPS) is 10.2. The first-order valence-electron chi connectivity index (χ1n) is 4.42. The number of nitrogens with one attached hydrogen (secondary N) is 1. The van der Waals surface area contributed by atoms with Gasteiger partial charge < -0.3 is 10.1 Å². The van der Waals surface area contributed by atoms with Crippen molar-refractivity contribution in [1.82, 2.24) is 0 Å². The fourth-order valence-electron chi connectivity index (χ4n) is 1.07. The molecule has 0 spiro atoms. The molecule has 0 atom stereocenters. The Kier molecular flexibility index (Phi) is 4.70. The van der Waals surface area contributed by atoms with Gasteiger partial charge in [0.25, 0.3) is 0 Å². The van der Waals surface area contributed by atoms with Crippen LogP contribution in [0.2, 0.25) is 5.02 Å². The zero-order valence-electron chi connectivity index (χ0n) is 8.02. The fourth-order valence-corrected chi connectivity index (χ4v) is 1.24. The molecule has 4 heteroatoms. The highest BCUT2D eigenvalue weighted by atomic mass is 35.5. The van der Waals surface area contributed by atoms with E-state index in [1.54, 1.807) is 13.2 Å².